The lowest BCUT2D eigenvalue weighted by atomic mass is 10.2. The first-order valence-electron chi connectivity index (χ1n) is 9.05. The Morgan fingerprint density at radius 1 is 1.14 bits per heavy atom. The van der Waals surface area contributed by atoms with Gasteiger partial charge in [0.25, 0.3) is 5.91 Å². The maximum absolute atomic E-state index is 12.4. The smallest absolute Gasteiger partial charge is 0.266 e. The highest BCUT2D eigenvalue weighted by atomic mass is 35.5. The summed E-state index contributed by atoms with van der Waals surface area (Å²) in [7, 11) is 0. The second-order valence-electron chi connectivity index (χ2n) is 6.13. The molecule has 0 spiro atoms. The van der Waals surface area contributed by atoms with E-state index in [4.69, 9.17) is 33.3 Å². The van der Waals surface area contributed by atoms with Gasteiger partial charge in [-0.1, -0.05) is 65.9 Å². The Morgan fingerprint density at radius 3 is 2.72 bits per heavy atom. The number of hydrogen-bond donors (Lipinski definition) is 0. The topological polar surface area (TPSA) is 38.8 Å². The van der Waals surface area contributed by atoms with Crippen molar-refractivity contribution in [1.82, 2.24) is 4.90 Å². The summed E-state index contributed by atoms with van der Waals surface area (Å²) >= 11 is 12.6. The zero-order chi connectivity index (χ0) is 20.6. The molecule has 0 N–H and O–H groups in total. The van der Waals surface area contributed by atoms with E-state index in [1.54, 1.807) is 12.1 Å². The minimum atomic E-state index is -0.0945. The summed E-state index contributed by atoms with van der Waals surface area (Å²) in [6.45, 7) is 5.10. The molecule has 0 radical (unpaired) electrons. The number of carbonyl (C=O) groups excluding carboxylic acids is 1. The van der Waals surface area contributed by atoms with Crippen LogP contribution in [0.3, 0.4) is 0 Å². The van der Waals surface area contributed by atoms with Crippen LogP contribution in [0.4, 0.5) is 0 Å². The molecular formula is C22H20ClNO3S2. The summed E-state index contributed by atoms with van der Waals surface area (Å²) in [5.41, 5.74) is 0.883. The SMILES string of the molecule is C=CCN1C(=O)/C(=C\c2cccc(OCCCOc3ccccc3Cl)c2)SC1=S. The number of amides is 1. The van der Waals surface area contributed by atoms with E-state index in [0.29, 0.717) is 39.8 Å². The highest BCUT2D eigenvalue weighted by Crippen LogP contribution is 2.32. The molecule has 150 valence electrons. The van der Waals surface area contributed by atoms with E-state index in [1.165, 1.54) is 16.7 Å². The number of thioether (sulfide) groups is 1. The van der Waals surface area contributed by atoms with E-state index >= 15 is 0 Å². The van der Waals surface area contributed by atoms with Crippen molar-refractivity contribution in [2.24, 2.45) is 0 Å². The molecule has 2 aromatic rings. The Hall–Kier alpha value is -2.28. The van der Waals surface area contributed by atoms with Crippen molar-refractivity contribution in [3.63, 3.8) is 0 Å². The van der Waals surface area contributed by atoms with E-state index in [1.807, 2.05) is 48.5 Å². The lowest BCUT2D eigenvalue weighted by Gasteiger charge is -2.10. The van der Waals surface area contributed by atoms with Crippen LogP contribution in [-0.2, 0) is 4.79 Å². The molecule has 1 aliphatic heterocycles. The molecule has 1 heterocycles. The number of ether oxygens (including phenoxy) is 2. The first-order valence-corrected chi connectivity index (χ1v) is 10.6. The largest absolute Gasteiger partial charge is 0.493 e. The molecule has 0 bridgehead atoms. The monoisotopic (exact) mass is 445 g/mol. The number of benzene rings is 2. The highest BCUT2D eigenvalue weighted by molar-refractivity contribution is 8.26. The van der Waals surface area contributed by atoms with Crippen molar-refractivity contribution in [3.8, 4) is 11.5 Å². The third-order valence-corrected chi connectivity index (χ3v) is 5.68. The molecule has 0 saturated carbocycles. The molecule has 1 amide bonds. The average Bonchev–Trinajstić information content (AvgIpc) is 2.97. The molecule has 0 aliphatic carbocycles. The van der Waals surface area contributed by atoms with Crippen molar-refractivity contribution >= 4 is 51.9 Å². The van der Waals surface area contributed by atoms with Gasteiger partial charge in [0.05, 0.1) is 23.1 Å². The van der Waals surface area contributed by atoms with Gasteiger partial charge in [-0.15, -0.1) is 6.58 Å². The predicted octanol–water partition coefficient (Wildman–Crippen LogP) is 5.58. The van der Waals surface area contributed by atoms with E-state index < -0.39 is 0 Å². The Morgan fingerprint density at radius 2 is 1.93 bits per heavy atom. The molecule has 4 nitrogen and oxygen atoms in total. The average molecular weight is 446 g/mol. The van der Waals surface area contributed by atoms with Crippen LogP contribution in [0.2, 0.25) is 5.02 Å². The summed E-state index contributed by atoms with van der Waals surface area (Å²) in [5.74, 6) is 1.31. The van der Waals surface area contributed by atoms with Crippen LogP contribution in [-0.4, -0.2) is 34.9 Å². The fourth-order valence-corrected chi connectivity index (χ4v) is 4.09. The summed E-state index contributed by atoms with van der Waals surface area (Å²) in [6, 6.07) is 15.0. The Labute approximate surface area is 185 Å². The van der Waals surface area contributed by atoms with Gasteiger partial charge in [0.2, 0.25) is 0 Å². The molecule has 1 saturated heterocycles. The molecular weight excluding hydrogens is 426 g/mol. The second-order valence-corrected chi connectivity index (χ2v) is 8.22. The maximum Gasteiger partial charge on any atom is 0.266 e. The normalized spacial score (nSPS) is 15.1. The van der Waals surface area contributed by atoms with E-state index in [2.05, 4.69) is 6.58 Å². The van der Waals surface area contributed by atoms with Crippen molar-refractivity contribution in [2.75, 3.05) is 19.8 Å². The quantitative estimate of drug-likeness (QED) is 0.218. The minimum absolute atomic E-state index is 0.0945. The van der Waals surface area contributed by atoms with Gasteiger partial charge >= 0.3 is 0 Å². The molecule has 0 atom stereocenters. The van der Waals surface area contributed by atoms with Gasteiger partial charge in [-0.25, -0.2) is 0 Å². The van der Waals surface area contributed by atoms with Gasteiger partial charge < -0.3 is 9.47 Å². The van der Waals surface area contributed by atoms with E-state index in [9.17, 15) is 4.79 Å². The lowest BCUT2D eigenvalue weighted by Crippen LogP contribution is -2.27. The summed E-state index contributed by atoms with van der Waals surface area (Å²) in [6.07, 6.45) is 4.21. The Bertz CT molecular complexity index is 945. The van der Waals surface area contributed by atoms with Crippen molar-refractivity contribution in [1.29, 1.82) is 0 Å². The highest BCUT2D eigenvalue weighted by Gasteiger charge is 2.30. The van der Waals surface area contributed by atoms with Crippen LogP contribution in [0.25, 0.3) is 6.08 Å². The van der Waals surface area contributed by atoms with Crippen LogP contribution in [0, 0.1) is 0 Å². The molecule has 0 aromatic heterocycles. The summed E-state index contributed by atoms with van der Waals surface area (Å²) in [4.78, 5) is 14.6. The van der Waals surface area contributed by atoms with Gasteiger partial charge in [0.1, 0.15) is 15.8 Å². The van der Waals surface area contributed by atoms with E-state index in [0.717, 1.165) is 17.7 Å². The van der Waals surface area contributed by atoms with Crippen LogP contribution >= 0.6 is 35.6 Å². The van der Waals surface area contributed by atoms with E-state index in [-0.39, 0.29) is 5.91 Å². The van der Waals surface area contributed by atoms with Crippen LogP contribution < -0.4 is 9.47 Å². The molecule has 29 heavy (non-hydrogen) atoms. The summed E-state index contributed by atoms with van der Waals surface area (Å²) in [5, 5.41) is 0.597. The molecule has 0 unspecified atom stereocenters. The first kappa shape index (κ1) is 21.4. The Kier molecular flexibility index (Phi) is 7.75. The van der Waals surface area contributed by atoms with Crippen molar-refractivity contribution < 1.29 is 14.3 Å². The van der Waals surface area contributed by atoms with Gasteiger partial charge in [-0.2, -0.15) is 0 Å². The van der Waals surface area contributed by atoms with Gasteiger partial charge in [-0.05, 0) is 35.9 Å². The zero-order valence-corrected chi connectivity index (χ0v) is 18.1. The third-order valence-electron chi connectivity index (χ3n) is 3.99. The number of rotatable bonds is 9. The number of carbonyl (C=O) groups is 1. The second kappa shape index (κ2) is 10.5. The molecule has 7 heteroatoms. The maximum atomic E-state index is 12.4. The Balaban J connectivity index is 1.52. The van der Waals surface area contributed by atoms with Crippen LogP contribution in [0.15, 0.2) is 66.1 Å². The van der Waals surface area contributed by atoms with Crippen molar-refractivity contribution in [2.45, 2.75) is 6.42 Å². The van der Waals surface area contributed by atoms with Gasteiger partial charge in [0, 0.05) is 13.0 Å². The number of thiocarbonyl (C=S) groups is 1. The van der Waals surface area contributed by atoms with Gasteiger partial charge in [0.15, 0.2) is 0 Å². The fourth-order valence-electron chi connectivity index (χ4n) is 2.62. The minimum Gasteiger partial charge on any atom is -0.493 e. The summed E-state index contributed by atoms with van der Waals surface area (Å²) < 4.78 is 12.0. The van der Waals surface area contributed by atoms with Crippen LogP contribution in [0.5, 0.6) is 11.5 Å². The zero-order valence-electron chi connectivity index (χ0n) is 15.7. The van der Waals surface area contributed by atoms with Crippen LogP contribution in [0.1, 0.15) is 12.0 Å². The number of halogens is 1. The first-order chi connectivity index (χ1) is 14.1. The predicted molar refractivity (Wildman–Crippen MR) is 124 cm³/mol. The number of hydrogen-bond acceptors (Lipinski definition) is 5. The fraction of sp³-hybridized carbons (Fsp3) is 0.182. The molecule has 2 aromatic carbocycles. The number of para-hydroxylation sites is 1. The van der Waals surface area contributed by atoms with Gasteiger partial charge in [-0.3, -0.25) is 9.69 Å². The molecule has 1 aliphatic rings. The number of nitrogens with zero attached hydrogens (tertiary/aromatic N) is 1. The molecule has 1 fully saturated rings. The third kappa shape index (κ3) is 5.85. The standard InChI is InChI=1S/C22H20ClNO3S2/c1-2-11-24-21(25)20(29-22(24)28)15-16-7-5-8-17(14-16)26-12-6-13-27-19-10-4-3-9-18(19)23/h2-5,7-10,14-15H,1,6,11-13H2/b20-15+. The molecule has 3 rings (SSSR count). The lowest BCUT2D eigenvalue weighted by molar-refractivity contribution is -0.121. The van der Waals surface area contributed by atoms with Crippen molar-refractivity contribution in [3.05, 3.63) is 76.7 Å².